The van der Waals surface area contributed by atoms with Crippen LogP contribution in [0.15, 0.2) is 11.2 Å². The lowest BCUT2D eigenvalue weighted by Gasteiger charge is -2.14. The minimum absolute atomic E-state index is 0.0401. The van der Waals surface area contributed by atoms with Crippen molar-refractivity contribution >= 4 is 17.7 Å². The largest absolute Gasteiger partial charge is 0.337 e. The number of likely N-dealkylation sites (tertiary alicyclic amines) is 1. The van der Waals surface area contributed by atoms with Crippen molar-refractivity contribution in [2.24, 2.45) is 0 Å². The van der Waals surface area contributed by atoms with Gasteiger partial charge in [0.15, 0.2) is 5.16 Å². The summed E-state index contributed by atoms with van der Waals surface area (Å²) in [6.45, 7) is 3.61. The second kappa shape index (κ2) is 4.82. The zero-order valence-electron chi connectivity index (χ0n) is 9.56. The molecule has 1 aromatic rings. The topological polar surface area (TPSA) is 46.1 Å². The van der Waals surface area contributed by atoms with Gasteiger partial charge in [0, 0.05) is 18.8 Å². The first-order chi connectivity index (χ1) is 7.70. The summed E-state index contributed by atoms with van der Waals surface area (Å²) in [5.41, 5.74) is 1.38. The van der Waals surface area contributed by atoms with Crippen molar-refractivity contribution in [3.05, 3.63) is 17.5 Å². The highest BCUT2D eigenvalue weighted by Crippen LogP contribution is 2.15. The van der Waals surface area contributed by atoms with Crippen molar-refractivity contribution in [3.8, 4) is 0 Å². The van der Waals surface area contributed by atoms with Crippen molar-refractivity contribution < 1.29 is 4.79 Å². The Kier molecular flexibility index (Phi) is 3.43. The van der Waals surface area contributed by atoms with Gasteiger partial charge in [-0.1, -0.05) is 11.8 Å². The molecule has 2 heterocycles. The van der Waals surface area contributed by atoms with Crippen molar-refractivity contribution in [1.29, 1.82) is 0 Å². The minimum atomic E-state index is 0.0401. The third kappa shape index (κ3) is 2.35. The van der Waals surface area contributed by atoms with Gasteiger partial charge in [-0.25, -0.2) is 9.97 Å². The van der Waals surface area contributed by atoms with E-state index in [1.54, 1.807) is 6.07 Å². The molecule has 0 aromatic carbocycles. The molecule has 0 radical (unpaired) electrons. The fourth-order valence-corrected chi connectivity index (χ4v) is 2.25. The number of carbonyl (C=O) groups excluding carboxylic acids is 1. The molecule has 0 spiro atoms. The first-order valence-electron chi connectivity index (χ1n) is 5.39. The van der Waals surface area contributed by atoms with Crippen LogP contribution in [-0.2, 0) is 0 Å². The molecule has 1 fully saturated rings. The molecule has 0 saturated carbocycles. The van der Waals surface area contributed by atoms with Gasteiger partial charge in [0.2, 0.25) is 0 Å². The molecule has 1 aliphatic rings. The zero-order valence-corrected chi connectivity index (χ0v) is 10.4. The third-order valence-electron chi connectivity index (χ3n) is 2.63. The maximum atomic E-state index is 12.1. The van der Waals surface area contributed by atoms with Crippen LogP contribution in [0.25, 0.3) is 0 Å². The first-order valence-corrected chi connectivity index (χ1v) is 6.62. The van der Waals surface area contributed by atoms with Gasteiger partial charge < -0.3 is 4.90 Å². The van der Waals surface area contributed by atoms with Crippen molar-refractivity contribution in [2.45, 2.75) is 24.9 Å². The van der Waals surface area contributed by atoms with Crippen LogP contribution in [0.5, 0.6) is 0 Å². The molecule has 1 aromatic heterocycles. The number of thioether (sulfide) groups is 1. The molecule has 0 N–H and O–H groups in total. The highest BCUT2D eigenvalue weighted by molar-refractivity contribution is 7.98. The number of nitrogens with zero attached hydrogens (tertiary/aromatic N) is 3. The van der Waals surface area contributed by atoms with Gasteiger partial charge >= 0.3 is 0 Å². The SMILES string of the molecule is CSc1nc(C)cc(C(=O)N2CCCC2)n1. The molecule has 2 rings (SSSR count). The Morgan fingerprint density at radius 2 is 2.06 bits per heavy atom. The molecule has 0 bridgehead atoms. The summed E-state index contributed by atoms with van der Waals surface area (Å²) in [6.07, 6.45) is 4.12. The van der Waals surface area contributed by atoms with Gasteiger partial charge in [-0.2, -0.15) is 0 Å². The summed E-state index contributed by atoms with van der Waals surface area (Å²) in [4.78, 5) is 22.5. The highest BCUT2D eigenvalue weighted by Gasteiger charge is 2.21. The van der Waals surface area contributed by atoms with Crippen molar-refractivity contribution in [3.63, 3.8) is 0 Å². The third-order valence-corrected chi connectivity index (χ3v) is 3.18. The lowest BCUT2D eigenvalue weighted by molar-refractivity contribution is 0.0786. The van der Waals surface area contributed by atoms with Crippen molar-refractivity contribution in [1.82, 2.24) is 14.9 Å². The molecule has 16 heavy (non-hydrogen) atoms. The molecule has 1 aliphatic heterocycles. The molecule has 0 aliphatic carbocycles. The molecule has 0 atom stereocenters. The molecule has 5 heteroatoms. The number of hydrogen-bond acceptors (Lipinski definition) is 4. The zero-order chi connectivity index (χ0) is 11.5. The van der Waals surface area contributed by atoms with Crippen LogP contribution >= 0.6 is 11.8 Å². The van der Waals surface area contributed by atoms with E-state index in [2.05, 4.69) is 9.97 Å². The summed E-state index contributed by atoms with van der Waals surface area (Å²) in [7, 11) is 0. The van der Waals surface area contributed by atoms with E-state index in [0.717, 1.165) is 31.6 Å². The highest BCUT2D eigenvalue weighted by atomic mass is 32.2. The van der Waals surface area contributed by atoms with Crippen LogP contribution in [0.3, 0.4) is 0 Å². The number of rotatable bonds is 2. The number of amides is 1. The summed E-state index contributed by atoms with van der Waals surface area (Å²) in [6, 6.07) is 1.76. The maximum Gasteiger partial charge on any atom is 0.272 e. The quantitative estimate of drug-likeness (QED) is 0.580. The average Bonchev–Trinajstić information content (AvgIpc) is 2.80. The van der Waals surface area contributed by atoms with E-state index in [4.69, 9.17) is 0 Å². The molecule has 0 unspecified atom stereocenters. The van der Waals surface area contributed by atoms with Gasteiger partial charge in [0.25, 0.3) is 5.91 Å². The van der Waals surface area contributed by atoms with Gasteiger partial charge in [-0.3, -0.25) is 4.79 Å². The van der Waals surface area contributed by atoms with E-state index >= 15 is 0 Å². The van der Waals surface area contributed by atoms with Crippen LogP contribution < -0.4 is 0 Å². The Labute approximate surface area is 99.5 Å². The van der Waals surface area contributed by atoms with E-state index in [9.17, 15) is 4.79 Å². The van der Waals surface area contributed by atoms with Gasteiger partial charge in [-0.05, 0) is 32.1 Å². The van der Waals surface area contributed by atoms with E-state index in [1.807, 2.05) is 18.1 Å². The standard InChI is InChI=1S/C11H15N3OS/c1-8-7-9(13-11(12-8)16-2)10(15)14-5-3-4-6-14/h7H,3-6H2,1-2H3. The maximum absolute atomic E-state index is 12.1. The van der Waals surface area contributed by atoms with Gasteiger partial charge in [-0.15, -0.1) is 0 Å². The average molecular weight is 237 g/mol. The second-order valence-corrected chi connectivity index (χ2v) is 4.65. The van der Waals surface area contributed by atoms with Crippen molar-refractivity contribution in [2.75, 3.05) is 19.3 Å². The summed E-state index contributed by atoms with van der Waals surface area (Å²) < 4.78 is 0. The molecule has 86 valence electrons. The van der Waals surface area contributed by atoms with E-state index < -0.39 is 0 Å². The summed E-state index contributed by atoms with van der Waals surface area (Å²) in [5.74, 6) is 0.0401. The van der Waals surface area contributed by atoms with Crippen LogP contribution in [0.1, 0.15) is 29.0 Å². The summed E-state index contributed by atoms with van der Waals surface area (Å²) >= 11 is 1.46. The fraction of sp³-hybridized carbons (Fsp3) is 0.545. The Balaban J connectivity index is 2.24. The predicted molar refractivity (Wildman–Crippen MR) is 63.7 cm³/mol. The fourth-order valence-electron chi connectivity index (χ4n) is 1.82. The molecular weight excluding hydrogens is 222 g/mol. The van der Waals surface area contributed by atoms with Crippen LogP contribution in [0.2, 0.25) is 0 Å². The number of hydrogen-bond donors (Lipinski definition) is 0. The lowest BCUT2D eigenvalue weighted by atomic mass is 10.3. The molecular formula is C11H15N3OS. The van der Waals surface area contributed by atoms with E-state index in [0.29, 0.717) is 10.9 Å². The molecule has 4 nitrogen and oxygen atoms in total. The van der Waals surface area contributed by atoms with Gasteiger partial charge in [0.1, 0.15) is 5.69 Å². The number of aryl methyl sites for hydroxylation is 1. The smallest absolute Gasteiger partial charge is 0.272 e. The van der Waals surface area contributed by atoms with E-state index in [1.165, 1.54) is 11.8 Å². The second-order valence-electron chi connectivity index (χ2n) is 3.88. The predicted octanol–water partition coefficient (Wildman–Crippen LogP) is 1.74. The molecule has 1 amide bonds. The number of carbonyl (C=O) groups is 1. The normalized spacial score (nSPS) is 15.5. The van der Waals surface area contributed by atoms with Crippen LogP contribution in [0, 0.1) is 6.92 Å². The van der Waals surface area contributed by atoms with Gasteiger partial charge in [0.05, 0.1) is 0 Å². The Morgan fingerprint density at radius 1 is 1.38 bits per heavy atom. The van der Waals surface area contributed by atoms with E-state index in [-0.39, 0.29) is 5.91 Å². The first kappa shape index (κ1) is 11.4. The Bertz CT molecular complexity index is 402. The lowest BCUT2D eigenvalue weighted by Crippen LogP contribution is -2.28. The Morgan fingerprint density at radius 3 is 2.69 bits per heavy atom. The van der Waals surface area contributed by atoms with Crippen LogP contribution in [0.4, 0.5) is 0 Å². The summed E-state index contributed by atoms with van der Waals surface area (Å²) in [5, 5.41) is 0.669. The monoisotopic (exact) mass is 237 g/mol. The minimum Gasteiger partial charge on any atom is -0.337 e. The molecule has 1 saturated heterocycles. The van der Waals surface area contributed by atoms with Crippen LogP contribution in [-0.4, -0.2) is 40.1 Å². The number of aromatic nitrogens is 2. The Hall–Kier alpha value is -1.10.